The van der Waals surface area contributed by atoms with Gasteiger partial charge in [-0.15, -0.1) is 12.4 Å². The average Bonchev–Trinajstić information content (AvgIpc) is 3.25. The molecule has 0 spiro atoms. The molecule has 0 radical (unpaired) electrons. The van der Waals surface area contributed by atoms with Crippen molar-refractivity contribution in [3.8, 4) is 11.3 Å². The van der Waals surface area contributed by atoms with Crippen LogP contribution >= 0.6 is 12.4 Å². The van der Waals surface area contributed by atoms with E-state index in [9.17, 15) is 4.79 Å². The van der Waals surface area contributed by atoms with Crippen LogP contribution in [0.5, 0.6) is 0 Å². The number of fused-ring (bicyclic) bond motifs is 1. The third-order valence-electron chi connectivity index (χ3n) is 5.33. The molecule has 24 heavy (non-hydrogen) atoms. The Morgan fingerprint density at radius 2 is 2.29 bits per heavy atom. The molecule has 2 atom stereocenters. The summed E-state index contributed by atoms with van der Waals surface area (Å²) >= 11 is 0. The zero-order chi connectivity index (χ0) is 15.7. The van der Waals surface area contributed by atoms with Crippen LogP contribution in [0.25, 0.3) is 11.3 Å². The minimum absolute atomic E-state index is 0. The molecule has 5 nitrogen and oxygen atoms in total. The van der Waals surface area contributed by atoms with Gasteiger partial charge in [0.25, 0.3) is 0 Å². The summed E-state index contributed by atoms with van der Waals surface area (Å²) in [5.74, 6) is 1.33. The van der Waals surface area contributed by atoms with Gasteiger partial charge < -0.3 is 15.1 Å². The lowest BCUT2D eigenvalue weighted by Crippen LogP contribution is -2.44. The van der Waals surface area contributed by atoms with Crippen molar-refractivity contribution in [1.82, 2.24) is 10.3 Å². The maximum atomic E-state index is 13.0. The number of carbonyl (C=O) groups excluding carboxylic acids is 1. The van der Waals surface area contributed by atoms with Gasteiger partial charge in [0.05, 0.1) is 11.6 Å². The van der Waals surface area contributed by atoms with Gasteiger partial charge in [0, 0.05) is 17.8 Å². The lowest BCUT2D eigenvalue weighted by atomic mass is 9.67. The van der Waals surface area contributed by atoms with Crippen molar-refractivity contribution in [2.45, 2.75) is 25.7 Å². The lowest BCUT2D eigenvalue weighted by molar-refractivity contribution is -0.128. The Morgan fingerprint density at radius 1 is 1.38 bits per heavy atom. The normalized spacial score (nSPS) is 25.6. The Kier molecular flexibility index (Phi) is 4.92. The average molecular weight is 348 g/mol. The van der Waals surface area contributed by atoms with Crippen LogP contribution in [0.1, 0.15) is 25.7 Å². The summed E-state index contributed by atoms with van der Waals surface area (Å²) in [5, 5.41) is 6.56. The highest BCUT2D eigenvalue weighted by Gasteiger charge is 2.49. The monoisotopic (exact) mass is 347 g/mol. The summed E-state index contributed by atoms with van der Waals surface area (Å²) in [6.07, 6.45) is 7.61. The molecule has 1 aliphatic heterocycles. The first-order valence-electron chi connectivity index (χ1n) is 8.29. The first-order chi connectivity index (χ1) is 11.3. The summed E-state index contributed by atoms with van der Waals surface area (Å²) in [6, 6.07) is 7.75. The summed E-state index contributed by atoms with van der Waals surface area (Å²) < 4.78 is 5.33. The molecule has 1 saturated heterocycles. The molecule has 2 aromatic rings. The number of amides is 1. The molecule has 6 heteroatoms. The summed E-state index contributed by atoms with van der Waals surface area (Å²) in [5.41, 5.74) is 1.50. The second kappa shape index (κ2) is 6.95. The molecule has 2 N–H and O–H groups in total. The highest BCUT2D eigenvalue weighted by atomic mass is 35.5. The van der Waals surface area contributed by atoms with Gasteiger partial charge in [0.1, 0.15) is 0 Å². The maximum absolute atomic E-state index is 13.0. The smallest absolute Gasteiger partial charge is 0.232 e. The molecule has 1 saturated carbocycles. The van der Waals surface area contributed by atoms with E-state index in [0.29, 0.717) is 11.7 Å². The Bertz CT molecular complexity index is 704. The molecule has 2 heterocycles. The van der Waals surface area contributed by atoms with Gasteiger partial charge in [-0.25, -0.2) is 4.98 Å². The first kappa shape index (κ1) is 17.0. The first-order valence-corrected chi connectivity index (χ1v) is 8.29. The van der Waals surface area contributed by atoms with E-state index in [1.165, 1.54) is 12.8 Å². The Balaban J connectivity index is 0.00000169. The molecule has 2 aliphatic rings. The molecule has 128 valence electrons. The molecule has 1 aromatic carbocycles. The van der Waals surface area contributed by atoms with E-state index in [1.54, 1.807) is 6.20 Å². The molecular formula is C18H22ClN3O2. The highest BCUT2D eigenvalue weighted by molar-refractivity contribution is 5.96. The molecule has 1 aromatic heterocycles. The molecule has 1 amide bonds. The number of aromatic nitrogens is 1. The van der Waals surface area contributed by atoms with Crippen LogP contribution in [-0.4, -0.2) is 24.0 Å². The fraction of sp³-hybridized carbons (Fsp3) is 0.444. The fourth-order valence-electron chi connectivity index (χ4n) is 4.05. The topological polar surface area (TPSA) is 67.2 Å². The molecule has 0 bridgehead atoms. The van der Waals surface area contributed by atoms with E-state index in [4.69, 9.17) is 4.42 Å². The third kappa shape index (κ3) is 2.94. The molecule has 2 fully saturated rings. The predicted octanol–water partition coefficient (Wildman–Crippen LogP) is 3.48. The van der Waals surface area contributed by atoms with Crippen LogP contribution in [0.4, 0.5) is 5.69 Å². The van der Waals surface area contributed by atoms with E-state index in [2.05, 4.69) is 15.6 Å². The van der Waals surface area contributed by atoms with Crippen molar-refractivity contribution in [3.63, 3.8) is 0 Å². The van der Waals surface area contributed by atoms with Gasteiger partial charge in [-0.2, -0.15) is 0 Å². The Hall–Kier alpha value is -1.85. The van der Waals surface area contributed by atoms with Crippen molar-refractivity contribution in [2.75, 3.05) is 18.4 Å². The zero-order valence-corrected chi connectivity index (χ0v) is 14.3. The van der Waals surface area contributed by atoms with Crippen LogP contribution in [0.15, 0.2) is 41.3 Å². The maximum Gasteiger partial charge on any atom is 0.232 e. The van der Waals surface area contributed by atoms with E-state index in [-0.39, 0.29) is 23.7 Å². The van der Waals surface area contributed by atoms with E-state index >= 15 is 0 Å². The van der Waals surface area contributed by atoms with Gasteiger partial charge in [0.2, 0.25) is 5.91 Å². The largest absolute Gasteiger partial charge is 0.444 e. The van der Waals surface area contributed by atoms with E-state index in [0.717, 1.165) is 43.6 Å². The van der Waals surface area contributed by atoms with Crippen molar-refractivity contribution in [3.05, 3.63) is 36.9 Å². The summed E-state index contributed by atoms with van der Waals surface area (Å²) in [7, 11) is 0. The number of halogens is 1. The van der Waals surface area contributed by atoms with Gasteiger partial charge in [-0.1, -0.05) is 25.0 Å². The second-order valence-electron chi connectivity index (χ2n) is 6.63. The van der Waals surface area contributed by atoms with Crippen LogP contribution in [-0.2, 0) is 4.79 Å². The SMILES string of the molecule is Cl.O=C(Nc1cccc(-c2cnco2)c1)[C@@]12CCCC[C@H]1CNC2. The zero-order valence-electron chi connectivity index (χ0n) is 13.5. The second-order valence-corrected chi connectivity index (χ2v) is 6.63. The number of benzene rings is 1. The third-order valence-corrected chi connectivity index (χ3v) is 5.33. The van der Waals surface area contributed by atoms with Gasteiger partial charge in [-0.3, -0.25) is 4.79 Å². The minimum atomic E-state index is -0.236. The minimum Gasteiger partial charge on any atom is -0.444 e. The Labute approximate surface area is 147 Å². The number of rotatable bonds is 3. The number of nitrogens with zero attached hydrogens (tertiary/aromatic N) is 1. The molecule has 1 aliphatic carbocycles. The van der Waals surface area contributed by atoms with Crippen LogP contribution in [0, 0.1) is 11.3 Å². The fourth-order valence-corrected chi connectivity index (χ4v) is 4.05. The quantitative estimate of drug-likeness (QED) is 0.892. The summed E-state index contributed by atoms with van der Waals surface area (Å²) in [4.78, 5) is 16.9. The van der Waals surface area contributed by atoms with E-state index < -0.39 is 0 Å². The standard InChI is InChI=1S/C18H21N3O2.ClH/c22-17(18-7-2-1-5-14(18)9-19-11-18)21-15-6-3-4-13(8-15)16-10-20-12-23-16;/h3-4,6,8,10,12,14,19H,1-2,5,7,9,11H2,(H,21,22);1H/t14-,18+;/m0./s1. The number of carbonyl (C=O) groups is 1. The van der Waals surface area contributed by atoms with Crippen LogP contribution in [0.3, 0.4) is 0 Å². The van der Waals surface area contributed by atoms with Gasteiger partial charge >= 0.3 is 0 Å². The summed E-state index contributed by atoms with van der Waals surface area (Å²) in [6.45, 7) is 1.76. The van der Waals surface area contributed by atoms with Crippen molar-refractivity contribution in [2.24, 2.45) is 11.3 Å². The molecule has 0 unspecified atom stereocenters. The Morgan fingerprint density at radius 3 is 3.12 bits per heavy atom. The highest BCUT2D eigenvalue weighted by Crippen LogP contribution is 2.44. The van der Waals surface area contributed by atoms with Crippen LogP contribution in [0.2, 0.25) is 0 Å². The number of nitrogens with one attached hydrogen (secondary N) is 2. The van der Waals surface area contributed by atoms with Crippen molar-refractivity contribution < 1.29 is 9.21 Å². The van der Waals surface area contributed by atoms with Crippen LogP contribution < -0.4 is 10.6 Å². The number of anilines is 1. The lowest BCUT2D eigenvalue weighted by Gasteiger charge is -2.37. The number of hydrogen-bond donors (Lipinski definition) is 2. The number of hydrogen-bond acceptors (Lipinski definition) is 4. The van der Waals surface area contributed by atoms with Crippen molar-refractivity contribution >= 4 is 24.0 Å². The number of oxazole rings is 1. The van der Waals surface area contributed by atoms with E-state index in [1.807, 2.05) is 24.3 Å². The van der Waals surface area contributed by atoms with Gasteiger partial charge in [-0.05, 0) is 37.4 Å². The molecule has 4 rings (SSSR count). The van der Waals surface area contributed by atoms with Gasteiger partial charge in [0.15, 0.2) is 12.2 Å². The molecular weight excluding hydrogens is 326 g/mol. The van der Waals surface area contributed by atoms with Crippen molar-refractivity contribution in [1.29, 1.82) is 0 Å². The predicted molar refractivity (Wildman–Crippen MR) is 95.1 cm³/mol.